The van der Waals surface area contributed by atoms with Crippen molar-refractivity contribution in [3.63, 3.8) is 0 Å². The third-order valence-electron chi connectivity index (χ3n) is 2.58. The molecule has 1 N–H and O–H groups in total. The second kappa shape index (κ2) is 6.11. The van der Waals surface area contributed by atoms with Gasteiger partial charge < -0.3 is 5.32 Å². The lowest BCUT2D eigenvalue weighted by molar-refractivity contribution is 0.659. The zero-order chi connectivity index (χ0) is 11.9. The molecule has 17 heavy (non-hydrogen) atoms. The molecule has 1 aromatic heterocycles. The summed E-state index contributed by atoms with van der Waals surface area (Å²) in [7, 11) is 0. The summed E-state index contributed by atoms with van der Waals surface area (Å²) in [5, 5.41) is 3.34. The minimum Gasteiger partial charge on any atom is -0.310 e. The zero-order valence-corrected chi connectivity index (χ0v) is 10.1. The van der Waals surface area contributed by atoms with Crippen LogP contribution in [-0.2, 0) is 13.0 Å². The van der Waals surface area contributed by atoms with Crippen LogP contribution >= 0.6 is 0 Å². The fourth-order valence-electron chi connectivity index (χ4n) is 1.72. The van der Waals surface area contributed by atoms with E-state index in [-0.39, 0.29) is 0 Å². The average molecular weight is 227 g/mol. The molecule has 0 aliphatic carbocycles. The molecule has 0 bridgehead atoms. The van der Waals surface area contributed by atoms with Crippen LogP contribution in [0.2, 0.25) is 0 Å². The predicted octanol–water partition coefficient (Wildman–Crippen LogP) is 2.12. The Morgan fingerprint density at radius 1 is 1.12 bits per heavy atom. The van der Waals surface area contributed by atoms with E-state index in [0.29, 0.717) is 0 Å². The van der Waals surface area contributed by atoms with Crippen LogP contribution in [-0.4, -0.2) is 16.5 Å². The zero-order valence-electron chi connectivity index (χ0n) is 10.1. The van der Waals surface area contributed by atoms with Gasteiger partial charge in [0.05, 0.1) is 6.54 Å². The molecule has 3 nitrogen and oxygen atoms in total. The smallest absolute Gasteiger partial charge is 0.141 e. The summed E-state index contributed by atoms with van der Waals surface area (Å²) in [5.74, 6) is 0.844. The highest BCUT2D eigenvalue weighted by Crippen LogP contribution is 2.03. The lowest BCUT2D eigenvalue weighted by Crippen LogP contribution is -2.18. The highest BCUT2D eigenvalue weighted by molar-refractivity contribution is 5.22. The van der Waals surface area contributed by atoms with Gasteiger partial charge in [0, 0.05) is 12.4 Å². The first-order valence-corrected chi connectivity index (χ1v) is 5.87. The Kier molecular flexibility index (Phi) is 4.22. The van der Waals surface area contributed by atoms with E-state index in [4.69, 9.17) is 0 Å². The van der Waals surface area contributed by atoms with Gasteiger partial charge in [-0.25, -0.2) is 9.97 Å². The van der Waals surface area contributed by atoms with E-state index >= 15 is 0 Å². The van der Waals surface area contributed by atoms with Crippen molar-refractivity contribution in [2.45, 2.75) is 19.9 Å². The van der Waals surface area contributed by atoms with E-state index < -0.39 is 0 Å². The molecule has 0 amide bonds. The average Bonchev–Trinajstić information content (AvgIpc) is 2.36. The minimum atomic E-state index is 0.729. The molecule has 0 saturated carbocycles. The molecule has 0 aliphatic heterocycles. The molecule has 1 heterocycles. The van der Waals surface area contributed by atoms with Crippen LogP contribution in [0.1, 0.15) is 17.0 Å². The molecule has 88 valence electrons. The molecule has 0 unspecified atom stereocenters. The van der Waals surface area contributed by atoms with Crippen molar-refractivity contribution in [2.24, 2.45) is 0 Å². The third kappa shape index (κ3) is 3.96. The van der Waals surface area contributed by atoms with Gasteiger partial charge in [0.25, 0.3) is 0 Å². The number of benzene rings is 1. The monoisotopic (exact) mass is 227 g/mol. The van der Waals surface area contributed by atoms with Gasteiger partial charge in [0.15, 0.2) is 0 Å². The van der Waals surface area contributed by atoms with Gasteiger partial charge in [-0.3, -0.25) is 0 Å². The maximum atomic E-state index is 4.16. The molecular formula is C14H17N3. The first kappa shape index (κ1) is 11.7. The fourth-order valence-corrected chi connectivity index (χ4v) is 1.72. The van der Waals surface area contributed by atoms with Crippen LogP contribution < -0.4 is 5.32 Å². The van der Waals surface area contributed by atoms with Crippen LogP contribution in [0.4, 0.5) is 0 Å². The highest BCUT2D eigenvalue weighted by Gasteiger charge is 1.95. The van der Waals surface area contributed by atoms with Crippen LogP contribution in [0, 0.1) is 6.92 Å². The number of aryl methyl sites for hydroxylation is 1. The Morgan fingerprint density at radius 2 is 1.94 bits per heavy atom. The Labute approximate surface area is 102 Å². The van der Waals surface area contributed by atoms with Gasteiger partial charge >= 0.3 is 0 Å². The van der Waals surface area contributed by atoms with E-state index in [9.17, 15) is 0 Å². The molecule has 0 radical (unpaired) electrons. The quantitative estimate of drug-likeness (QED) is 0.795. The van der Waals surface area contributed by atoms with Crippen molar-refractivity contribution < 1.29 is 0 Å². The first-order valence-electron chi connectivity index (χ1n) is 5.87. The van der Waals surface area contributed by atoms with Crippen LogP contribution in [0.3, 0.4) is 0 Å². The summed E-state index contributed by atoms with van der Waals surface area (Å²) < 4.78 is 0. The van der Waals surface area contributed by atoms with Crippen molar-refractivity contribution in [2.75, 3.05) is 6.54 Å². The number of aromatic nitrogens is 2. The Bertz CT molecular complexity index is 454. The Morgan fingerprint density at radius 3 is 2.71 bits per heavy atom. The first-order chi connectivity index (χ1) is 8.34. The van der Waals surface area contributed by atoms with Gasteiger partial charge in [-0.15, -0.1) is 0 Å². The lowest BCUT2D eigenvalue weighted by atomic mass is 10.1. The number of nitrogens with one attached hydrogen (secondary N) is 1. The summed E-state index contributed by atoms with van der Waals surface area (Å²) in [5.41, 5.74) is 2.68. The summed E-state index contributed by atoms with van der Waals surface area (Å²) in [4.78, 5) is 8.33. The molecule has 0 saturated heterocycles. The van der Waals surface area contributed by atoms with Crippen molar-refractivity contribution >= 4 is 0 Å². The topological polar surface area (TPSA) is 37.8 Å². The number of hydrogen-bond acceptors (Lipinski definition) is 3. The van der Waals surface area contributed by atoms with Gasteiger partial charge in [-0.1, -0.05) is 29.8 Å². The van der Waals surface area contributed by atoms with Gasteiger partial charge in [-0.2, -0.15) is 0 Å². The van der Waals surface area contributed by atoms with Crippen LogP contribution in [0.25, 0.3) is 0 Å². The van der Waals surface area contributed by atoms with Crippen LogP contribution in [0.15, 0.2) is 42.7 Å². The van der Waals surface area contributed by atoms with Crippen molar-refractivity contribution in [3.05, 3.63) is 59.7 Å². The fraction of sp³-hybridized carbons (Fsp3) is 0.286. The van der Waals surface area contributed by atoms with Crippen molar-refractivity contribution in [1.82, 2.24) is 15.3 Å². The SMILES string of the molecule is Cc1cccc(CCNCc2ncccn2)c1. The summed E-state index contributed by atoms with van der Waals surface area (Å²) >= 11 is 0. The van der Waals surface area contributed by atoms with Crippen LogP contribution in [0.5, 0.6) is 0 Å². The second-order valence-corrected chi connectivity index (χ2v) is 4.08. The number of hydrogen-bond donors (Lipinski definition) is 1. The standard InChI is InChI=1S/C14H17N3/c1-12-4-2-5-13(10-12)6-9-15-11-14-16-7-3-8-17-14/h2-5,7-8,10,15H,6,9,11H2,1H3. The maximum Gasteiger partial charge on any atom is 0.141 e. The van der Waals surface area contributed by atoms with Gasteiger partial charge in [0.1, 0.15) is 5.82 Å². The van der Waals surface area contributed by atoms with Gasteiger partial charge in [-0.05, 0) is 31.5 Å². The molecule has 2 aromatic rings. The lowest BCUT2D eigenvalue weighted by Gasteiger charge is -2.04. The van der Waals surface area contributed by atoms with E-state index in [0.717, 1.165) is 25.3 Å². The van der Waals surface area contributed by atoms with E-state index in [1.54, 1.807) is 12.4 Å². The highest BCUT2D eigenvalue weighted by atomic mass is 14.9. The Balaban J connectivity index is 1.73. The van der Waals surface area contributed by atoms with Crippen molar-refractivity contribution in [3.8, 4) is 0 Å². The maximum absolute atomic E-state index is 4.16. The van der Waals surface area contributed by atoms with E-state index in [1.165, 1.54) is 11.1 Å². The number of nitrogens with zero attached hydrogens (tertiary/aromatic N) is 2. The molecule has 0 atom stereocenters. The summed E-state index contributed by atoms with van der Waals surface area (Å²) in [6.45, 7) is 3.79. The van der Waals surface area contributed by atoms with E-state index in [2.05, 4.69) is 46.5 Å². The third-order valence-corrected chi connectivity index (χ3v) is 2.58. The second-order valence-electron chi connectivity index (χ2n) is 4.08. The molecule has 3 heteroatoms. The molecule has 0 spiro atoms. The van der Waals surface area contributed by atoms with Crippen molar-refractivity contribution in [1.29, 1.82) is 0 Å². The predicted molar refractivity (Wildman–Crippen MR) is 68.6 cm³/mol. The molecule has 2 rings (SSSR count). The molecular weight excluding hydrogens is 210 g/mol. The normalized spacial score (nSPS) is 10.4. The minimum absolute atomic E-state index is 0.729. The Hall–Kier alpha value is -1.74. The molecule has 0 aliphatic rings. The van der Waals surface area contributed by atoms with E-state index in [1.807, 2.05) is 6.07 Å². The summed E-state index contributed by atoms with van der Waals surface area (Å²) in [6, 6.07) is 10.4. The number of rotatable bonds is 5. The summed E-state index contributed by atoms with van der Waals surface area (Å²) in [6.07, 6.45) is 4.57. The molecule has 1 aromatic carbocycles. The van der Waals surface area contributed by atoms with Gasteiger partial charge in [0.2, 0.25) is 0 Å². The molecule has 0 fully saturated rings. The largest absolute Gasteiger partial charge is 0.310 e.